The number of nitrogens with one attached hydrogen (secondary N) is 1. The van der Waals surface area contributed by atoms with Crippen LogP contribution in [0.4, 0.5) is 0 Å². The summed E-state index contributed by atoms with van der Waals surface area (Å²) in [6.45, 7) is 8.90. The van der Waals surface area contributed by atoms with Crippen LogP contribution in [0.5, 0.6) is 0 Å². The average Bonchev–Trinajstić information content (AvgIpc) is 3.43. The molecule has 7 rings (SSSR count). The van der Waals surface area contributed by atoms with Crippen LogP contribution in [-0.4, -0.2) is 30.7 Å². The van der Waals surface area contributed by atoms with Gasteiger partial charge < -0.3 is 19.0 Å². The summed E-state index contributed by atoms with van der Waals surface area (Å²) >= 11 is 0. The zero-order valence-corrected chi connectivity index (χ0v) is 21.0. The van der Waals surface area contributed by atoms with Gasteiger partial charge in [0.05, 0.1) is 29.8 Å². The molecule has 6 atom stereocenters. The molecule has 1 aromatic heterocycles. The number of furan rings is 1. The molecule has 2 heterocycles. The summed E-state index contributed by atoms with van der Waals surface area (Å²) in [7, 11) is -0.499. The molecule has 35 heavy (non-hydrogen) atoms. The van der Waals surface area contributed by atoms with Gasteiger partial charge in [-0.2, -0.15) is 0 Å². The summed E-state index contributed by atoms with van der Waals surface area (Å²) < 4.78 is 19.2. The molecule has 1 unspecified atom stereocenters. The van der Waals surface area contributed by atoms with Crippen molar-refractivity contribution in [3.05, 3.63) is 72.0 Å². The summed E-state index contributed by atoms with van der Waals surface area (Å²) in [6, 6.07) is 17.9. The van der Waals surface area contributed by atoms with Crippen molar-refractivity contribution in [2.75, 3.05) is 0 Å². The predicted octanol–water partition coefficient (Wildman–Crippen LogP) is 5.53. The number of para-hydroxylation sites is 1. The van der Waals surface area contributed by atoms with Crippen LogP contribution in [0.25, 0.3) is 11.0 Å². The van der Waals surface area contributed by atoms with Gasteiger partial charge in [0, 0.05) is 5.39 Å². The number of carbonyl (C=O) groups excluding carboxylic acids is 1. The number of hydrogen-bond donors (Lipinski definition) is 1. The van der Waals surface area contributed by atoms with E-state index in [9.17, 15) is 4.79 Å². The van der Waals surface area contributed by atoms with Crippen LogP contribution in [0.15, 0.2) is 65.3 Å². The van der Waals surface area contributed by atoms with E-state index in [1.807, 2.05) is 55.5 Å². The third-order valence-electron chi connectivity index (χ3n) is 9.32. The molecular formula is C29H34BNO4. The molecule has 3 aromatic rings. The van der Waals surface area contributed by atoms with Crippen LogP contribution in [0.3, 0.4) is 0 Å². The molecule has 1 saturated heterocycles. The van der Waals surface area contributed by atoms with Crippen molar-refractivity contribution in [2.24, 2.45) is 17.3 Å². The Hall–Kier alpha value is -2.57. The van der Waals surface area contributed by atoms with Crippen molar-refractivity contribution >= 4 is 24.0 Å². The Labute approximate surface area is 207 Å². The maximum Gasteiger partial charge on any atom is 0.482 e. The molecule has 6 heteroatoms. The lowest BCUT2D eigenvalue weighted by Crippen LogP contribution is -2.65. The first-order valence-electron chi connectivity index (χ1n) is 12.9. The summed E-state index contributed by atoms with van der Waals surface area (Å²) in [4.78, 5) is 13.4. The molecule has 5 nitrogen and oxygen atoms in total. The molecule has 2 aromatic carbocycles. The monoisotopic (exact) mass is 471 g/mol. The molecule has 1 aliphatic heterocycles. The van der Waals surface area contributed by atoms with Crippen molar-refractivity contribution in [3.63, 3.8) is 0 Å². The van der Waals surface area contributed by atoms with E-state index in [4.69, 9.17) is 13.7 Å². The lowest BCUT2D eigenvalue weighted by Gasteiger charge is -2.64. The molecule has 4 fully saturated rings. The van der Waals surface area contributed by atoms with Crippen LogP contribution in [-0.2, 0) is 20.5 Å². The van der Waals surface area contributed by atoms with Gasteiger partial charge in [-0.3, -0.25) is 4.79 Å². The Morgan fingerprint density at radius 3 is 2.60 bits per heavy atom. The average molecular weight is 471 g/mol. The summed E-state index contributed by atoms with van der Waals surface area (Å²) in [5.74, 6) is 0.532. The van der Waals surface area contributed by atoms with E-state index >= 15 is 0 Å². The fourth-order valence-corrected chi connectivity index (χ4v) is 6.91. The quantitative estimate of drug-likeness (QED) is 0.481. The maximum absolute atomic E-state index is 13.4. The standard InChI is InChI=1S/C29H34BNO4/c1-18(19-10-6-5-7-11-19)27(32)31-26(14-20-17-33-23-13-9-8-12-22(20)23)30-34-25-16-21-15-24(28(21,2)3)29(25,4)35-30/h5-13,17-18,21,24-26H,14-16H2,1-4H3,(H,31,32)/t18-,21?,24+,25-,26+,29+/m1/s1. The predicted molar refractivity (Wildman–Crippen MR) is 137 cm³/mol. The van der Waals surface area contributed by atoms with Gasteiger partial charge >= 0.3 is 7.12 Å². The highest BCUT2D eigenvalue weighted by molar-refractivity contribution is 6.48. The molecule has 3 saturated carbocycles. The first kappa shape index (κ1) is 22.9. The van der Waals surface area contributed by atoms with Crippen LogP contribution in [0.2, 0.25) is 0 Å². The molecule has 0 spiro atoms. The van der Waals surface area contributed by atoms with Gasteiger partial charge in [-0.15, -0.1) is 0 Å². The second kappa shape index (κ2) is 8.24. The van der Waals surface area contributed by atoms with E-state index in [0.29, 0.717) is 18.3 Å². The number of carbonyl (C=O) groups is 1. The zero-order valence-electron chi connectivity index (χ0n) is 21.0. The van der Waals surface area contributed by atoms with Crippen molar-refractivity contribution < 1.29 is 18.5 Å². The van der Waals surface area contributed by atoms with Gasteiger partial charge in [0.2, 0.25) is 5.91 Å². The van der Waals surface area contributed by atoms with Crippen LogP contribution in [0.1, 0.15) is 57.6 Å². The molecule has 4 aliphatic rings. The Kier molecular flexibility index (Phi) is 5.39. The topological polar surface area (TPSA) is 60.7 Å². The Morgan fingerprint density at radius 1 is 1.09 bits per heavy atom. The van der Waals surface area contributed by atoms with Gasteiger partial charge in [0.1, 0.15) is 5.58 Å². The van der Waals surface area contributed by atoms with Crippen LogP contribution >= 0.6 is 0 Å². The lowest BCUT2D eigenvalue weighted by molar-refractivity contribution is -0.199. The minimum absolute atomic E-state index is 0.0224. The third kappa shape index (κ3) is 3.65. The fraction of sp³-hybridized carbons (Fsp3) is 0.483. The number of benzene rings is 2. The summed E-state index contributed by atoms with van der Waals surface area (Å²) in [5.41, 5.74) is 2.84. The molecule has 1 N–H and O–H groups in total. The number of rotatable bonds is 6. The second-order valence-corrected chi connectivity index (χ2v) is 11.5. The zero-order chi connectivity index (χ0) is 24.4. The smallest absolute Gasteiger partial charge is 0.464 e. The minimum atomic E-state index is -0.499. The third-order valence-corrected chi connectivity index (χ3v) is 9.32. The van der Waals surface area contributed by atoms with Crippen molar-refractivity contribution in [3.8, 4) is 0 Å². The summed E-state index contributed by atoms with van der Waals surface area (Å²) in [6.07, 6.45) is 4.66. The highest BCUT2D eigenvalue weighted by Crippen LogP contribution is 2.65. The molecule has 182 valence electrons. The van der Waals surface area contributed by atoms with Crippen LogP contribution < -0.4 is 5.32 Å². The maximum atomic E-state index is 13.4. The van der Waals surface area contributed by atoms with E-state index in [2.05, 4.69) is 32.2 Å². The SMILES string of the molecule is C[C@@H](C(=O)N[C@@H](Cc1coc2ccccc12)B1O[C@@H]2CC3C[C@@H](C3(C)C)[C@]2(C)O1)c1ccccc1. The lowest BCUT2D eigenvalue weighted by atomic mass is 9.43. The Morgan fingerprint density at radius 2 is 1.83 bits per heavy atom. The molecule has 0 radical (unpaired) electrons. The highest BCUT2D eigenvalue weighted by atomic mass is 16.7. The normalized spacial score (nSPS) is 30.4. The molecule has 1 amide bonds. The van der Waals surface area contributed by atoms with Gasteiger partial charge in [0.15, 0.2) is 0 Å². The number of hydrogen-bond acceptors (Lipinski definition) is 4. The minimum Gasteiger partial charge on any atom is -0.464 e. The van der Waals surface area contributed by atoms with Crippen LogP contribution in [0, 0.1) is 17.3 Å². The van der Waals surface area contributed by atoms with Crippen molar-refractivity contribution in [1.29, 1.82) is 0 Å². The highest BCUT2D eigenvalue weighted by Gasteiger charge is 2.68. The van der Waals surface area contributed by atoms with Crippen molar-refractivity contribution in [2.45, 2.75) is 70.5 Å². The molecule has 3 aliphatic carbocycles. The Balaban J connectivity index is 1.28. The van der Waals surface area contributed by atoms with Gasteiger partial charge in [-0.1, -0.05) is 62.4 Å². The summed E-state index contributed by atoms with van der Waals surface area (Å²) in [5, 5.41) is 4.37. The van der Waals surface area contributed by atoms with Gasteiger partial charge in [0.25, 0.3) is 0 Å². The van der Waals surface area contributed by atoms with Crippen molar-refractivity contribution in [1.82, 2.24) is 5.32 Å². The number of fused-ring (bicyclic) bond motifs is 1. The van der Waals surface area contributed by atoms with E-state index in [1.165, 1.54) is 6.42 Å². The van der Waals surface area contributed by atoms with Gasteiger partial charge in [-0.05, 0) is 67.6 Å². The van der Waals surface area contributed by atoms with E-state index in [-0.39, 0.29) is 34.9 Å². The second-order valence-electron chi connectivity index (χ2n) is 11.5. The first-order valence-corrected chi connectivity index (χ1v) is 12.9. The molecular weight excluding hydrogens is 437 g/mol. The van der Waals surface area contributed by atoms with E-state index in [0.717, 1.165) is 28.5 Å². The largest absolute Gasteiger partial charge is 0.482 e. The Bertz CT molecular complexity index is 1240. The van der Waals surface area contributed by atoms with Gasteiger partial charge in [-0.25, -0.2) is 0 Å². The fourth-order valence-electron chi connectivity index (χ4n) is 6.91. The number of amides is 1. The van der Waals surface area contributed by atoms with E-state index < -0.39 is 7.12 Å². The van der Waals surface area contributed by atoms with E-state index in [1.54, 1.807) is 6.26 Å². The first-order chi connectivity index (χ1) is 16.8. The molecule has 2 bridgehead atoms.